The second-order valence-corrected chi connectivity index (χ2v) is 14.0. The minimum absolute atomic E-state index is 0.584. The number of aromatic nitrogens is 4. The van der Waals surface area contributed by atoms with Crippen LogP contribution in [0, 0.1) is 0 Å². The van der Waals surface area contributed by atoms with E-state index in [0.717, 1.165) is 66.5 Å². The molecular weight excluding hydrogens is 685 g/mol. The maximum absolute atomic E-state index is 6.65. The summed E-state index contributed by atoms with van der Waals surface area (Å²) in [6.45, 7) is 0. The van der Waals surface area contributed by atoms with Crippen LogP contribution in [-0.4, -0.2) is 19.5 Å². The Hall–Kier alpha value is -7.63. The van der Waals surface area contributed by atoms with Gasteiger partial charge in [-0.05, 0) is 64.7 Å². The van der Waals surface area contributed by atoms with Crippen molar-refractivity contribution < 1.29 is 4.42 Å². The lowest BCUT2D eigenvalue weighted by Crippen LogP contribution is -2.00. The lowest BCUT2D eigenvalue weighted by atomic mass is 10.0. The molecule has 0 bridgehead atoms. The van der Waals surface area contributed by atoms with Gasteiger partial charge in [0.1, 0.15) is 11.2 Å². The van der Waals surface area contributed by atoms with Gasteiger partial charge in [-0.15, -0.1) is 0 Å². The van der Waals surface area contributed by atoms with Crippen molar-refractivity contribution in [2.45, 2.75) is 0 Å². The second kappa shape index (κ2) is 13.0. The van der Waals surface area contributed by atoms with Gasteiger partial charge in [0.05, 0.1) is 22.1 Å². The molecule has 0 unspecified atom stereocenters. The summed E-state index contributed by atoms with van der Waals surface area (Å²) < 4.78 is 9.03. The smallest absolute Gasteiger partial charge is 0.164 e. The molecular formula is C51H32N4O. The Balaban J connectivity index is 1.05. The fraction of sp³-hybridized carbons (Fsp3) is 0. The van der Waals surface area contributed by atoms with Crippen molar-refractivity contribution >= 4 is 43.7 Å². The Labute approximate surface area is 322 Å². The normalized spacial score (nSPS) is 11.6. The molecule has 11 rings (SSSR count). The molecule has 8 aromatic carbocycles. The van der Waals surface area contributed by atoms with Crippen LogP contribution < -0.4 is 0 Å². The van der Waals surface area contributed by atoms with E-state index in [1.807, 2.05) is 42.5 Å². The molecule has 0 aliphatic heterocycles. The maximum Gasteiger partial charge on any atom is 0.164 e. The lowest BCUT2D eigenvalue weighted by Gasteiger charge is -2.10. The van der Waals surface area contributed by atoms with E-state index in [1.165, 1.54) is 21.9 Å². The molecule has 3 aromatic heterocycles. The van der Waals surface area contributed by atoms with Crippen molar-refractivity contribution in [1.29, 1.82) is 0 Å². The summed E-state index contributed by atoms with van der Waals surface area (Å²) in [6.07, 6.45) is 0. The quantitative estimate of drug-likeness (QED) is 0.172. The van der Waals surface area contributed by atoms with E-state index in [2.05, 4.69) is 156 Å². The van der Waals surface area contributed by atoms with Gasteiger partial charge >= 0.3 is 0 Å². The van der Waals surface area contributed by atoms with E-state index in [1.54, 1.807) is 0 Å². The van der Waals surface area contributed by atoms with Gasteiger partial charge in [0.2, 0.25) is 0 Å². The van der Waals surface area contributed by atoms with Crippen molar-refractivity contribution in [2.75, 3.05) is 0 Å². The Kier molecular flexibility index (Phi) is 7.42. The summed E-state index contributed by atoms with van der Waals surface area (Å²) >= 11 is 0. The first kappa shape index (κ1) is 31.9. The highest BCUT2D eigenvalue weighted by Gasteiger charge is 2.20. The van der Waals surface area contributed by atoms with Crippen LogP contribution >= 0.6 is 0 Å². The summed E-state index contributed by atoms with van der Waals surface area (Å²) in [5.74, 6) is 1.81. The molecule has 0 saturated carbocycles. The SMILES string of the molecule is c1ccc(-c2ccc(-c3nc(-c4ccccc4)nc(-c4ccc5c(c4)oc4cccc(-n6c7ccccc7c7cc(-c8ccccc8)ccc76)c45)n3)cc2)cc1. The molecule has 5 nitrogen and oxygen atoms in total. The molecule has 0 spiro atoms. The molecule has 0 aliphatic rings. The van der Waals surface area contributed by atoms with Gasteiger partial charge < -0.3 is 8.98 Å². The maximum atomic E-state index is 6.65. The first-order chi connectivity index (χ1) is 27.7. The van der Waals surface area contributed by atoms with Crippen LogP contribution in [0.2, 0.25) is 0 Å². The van der Waals surface area contributed by atoms with Gasteiger partial charge in [-0.1, -0.05) is 152 Å². The second-order valence-electron chi connectivity index (χ2n) is 14.0. The third kappa shape index (κ3) is 5.37. The molecule has 0 fully saturated rings. The number of hydrogen-bond donors (Lipinski definition) is 0. The fourth-order valence-corrected chi connectivity index (χ4v) is 7.97. The summed E-state index contributed by atoms with van der Waals surface area (Å²) in [5.41, 5.74) is 12.4. The Bertz CT molecular complexity index is 3220. The van der Waals surface area contributed by atoms with Crippen LogP contribution in [0.5, 0.6) is 0 Å². The van der Waals surface area contributed by atoms with E-state index in [4.69, 9.17) is 19.4 Å². The van der Waals surface area contributed by atoms with Gasteiger partial charge in [0.15, 0.2) is 17.5 Å². The highest BCUT2D eigenvalue weighted by Crippen LogP contribution is 2.40. The minimum Gasteiger partial charge on any atom is -0.456 e. The van der Waals surface area contributed by atoms with Crippen molar-refractivity contribution in [2.24, 2.45) is 0 Å². The van der Waals surface area contributed by atoms with Crippen LogP contribution in [0.1, 0.15) is 0 Å². The number of rotatable bonds is 6. The van der Waals surface area contributed by atoms with Crippen molar-refractivity contribution in [3.63, 3.8) is 0 Å². The summed E-state index contributed by atoms with van der Waals surface area (Å²) in [5, 5.41) is 4.51. The summed E-state index contributed by atoms with van der Waals surface area (Å²) in [6, 6.07) is 67.4. The van der Waals surface area contributed by atoms with Gasteiger partial charge in [-0.25, -0.2) is 15.0 Å². The number of hydrogen-bond acceptors (Lipinski definition) is 4. The Morgan fingerprint density at radius 3 is 1.55 bits per heavy atom. The van der Waals surface area contributed by atoms with Crippen molar-refractivity contribution in [3.8, 4) is 62.1 Å². The third-order valence-corrected chi connectivity index (χ3v) is 10.7. The standard InChI is InChI=1S/C51H32N4O/c1-4-13-33(14-5-1)35-23-25-37(26-24-35)50-52-49(36-17-8-3-9-18-36)53-51(54-50)39-27-29-41-47(32-39)56-46-22-12-21-45(48(41)46)55-43-20-11-10-19-40(43)42-31-38(28-30-44(42)55)34-15-6-2-7-16-34/h1-32H. The summed E-state index contributed by atoms with van der Waals surface area (Å²) in [4.78, 5) is 15.0. The Morgan fingerprint density at radius 2 is 0.839 bits per heavy atom. The molecule has 0 amide bonds. The van der Waals surface area contributed by atoms with E-state index in [9.17, 15) is 0 Å². The van der Waals surface area contributed by atoms with Crippen LogP contribution in [0.15, 0.2) is 199 Å². The number of nitrogens with zero attached hydrogens (tertiary/aromatic N) is 4. The van der Waals surface area contributed by atoms with Gasteiger partial charge in [0.25, 0.3) is 0 Å². The van der Waals surface area contributed by atoms with Crippen LogP contribution in [0.25, 0.3) is 106 Å². The highest BCUT2D eigenvalue weighted by molar-refractivity contribution is 6.15. The van der Waals surface area contributed by atoms with E-state index in [-0.39, 0.29) is 0 Å². The van der Waals surface area contributed by atoms with E-state index < -0.39 is 0 Å². The summed E-state index contributed by atoms with van der Waals surface area (Å²) in [7, 11) is 0. The van der Waals surface area contributed by atoms with Crippen LogP contribution in [0.4, 0.5) is 0 Å². The predicted molar refractivity (Wildman–Crippen MR) is 229 cm³/mol. The zero-order valence-corrected chi connectivity index (χ0v) is 30.2. The molecule has 0 saturated heterocycles. The molecule has 56 heavy (non-hydrogen) atoms. The number of fused-ring (bicyclic) bond motifs is 6. The molecule has 262 valence electrons. The van der Waals surface area contributed by atoms with Crippen LogP contribution in [0.3, 0.4) is 0 Å². The largest absolute Gasteiger partial charge is 0.456 e. The van der Waals surface area contributed by atoms with Crippen molar-refractivity contribution in [1.82, 2.24) is 19.5 Å². The zero-order chi connectivity index (χ0) is 37.0. The molecule has 0 radical (unpaired) electrons. The molecule has 0 atom stereocenters. The first-order valence-corrected chi connectivity index (χ1v) is 18.8. The zero-order valence-electron chi connectivity index (χ0n) is 30.2. The van der Waals surface area contributed by atoms with E-state index in [0.29, 0.717) is 17.5 Å². The molecule has 3 heterocycles. The fourth-order valence-electron chi connectivity index (χ4n) is 7.97. The van der Waals surface area contributed by atoms with Gasteiger partial charge in [-0.3, -0.25) is 0 Å². The number of para-hydroxylation sites is 1. The highest BCUT2D eigenvalue weighted by atomic mass is 16.3. The first-order valence-electron chi connectivity index (χ1n) is 18.8. The van der Waals surface area contributed by atoms with Gasteiger partial charge in [0, 0.05) is 32.8 Å². The predicted octanol–water partition coefficient (Wildman–Crippen LogP) is 13.2. The topological polar surface area (TPSA) is 56.7 Å². The van der Waals surface area contributed by atoms with Crippen molar-refractivity contribution in [3.05, 3.63) is 194 Å². The van der Waals surface area contributed by atoms with Gasteiger partial charge in [-0.2, -0.15) is 0 Å². The molecule has 5 heteroatoms. The third-order valence-electron chi connectivity index (χ3n) is 10.7. The lowest BCUT2D eigenvalue weighted by molar-refractivity contribution is 0.669. The minimum atomic E-state index is 0.584. The average Bonchev–Trinajstić information content (AvgIpc) is 3.82. The molecule has 11 aromatic rings. The molecule has 0 aliphatic carbocycles. The monoisotopic (exact) mass is 716 g/mol. The van der Waals surface area contributed by atoms with E-state index >= 15 is 0 Å². The number of benzene rings is 8. The number of furan rings is 1. The average molecular weight is 717 g/mol. The van der Waals surface area contributed by atoms with Crippen LogP contribution in [-0.2, 0) is 0 Å². The Morgan fingerprint density at radius 1 is 0.321 bits per heavy atom. The molecule has 0 N–H and O–H groups in total.